The Labute approximate surface area is 107 Å². The maximum atomic E-state index is 13.2. The first-order valence-corrected chi connectivity index (χ1v) is 6.41. The second-order valence-electron chi connectivity index (χ2n) is 5.08. The van der Waals surface area contributed by atoms with Crippen LogP contribution in [0, 0.1) is 17.7 Å². The van der Waals surface area contributed by atoms with E-state index in [-0.39, 0.29) is 17.2 Å². The minimum absolute atomic E-state index is 0.0746. The topological polar surface area (TPSA) is 55.1 Å². The standard InChI is InChI=1S/C14H19FN2O/c1-9-4-2-5-10(9)8-17-14(18)11-6-3-7-12(15)13(11)16/h3,6-7,9-10H,2,4-5,8,16H2,1H3,(H,17,18). The Morgan fingerprint density at radius 3 is 2.94 bits per heavy atom. The second kappa shape index (κ2) is 5.38. The highest BCUT2D eigenvalue weighted by Crippen LogP contribution is 2.30. The van der Waals surface area contributed by atoms with Crippen LogP contribution in [0.15, 0.2) is 18.2 Å². The predicted molar refractivity (Wildman–Crippen MR) is 69.7 cm³/mol. The molecule has 0 radical (unpaired) electrons. The number of nitrogens with two attached hydrogens (primary N) is 1. The van der Waals surface area contributed by atoms with E-state index in [1.54, 1.807) is 6.07 Å². The van der Waals surface area contributed by atoms with Gasteiger partial charge in [0.1, 0.15) is 5.82 Å². The molecule has 1 aliphatic rings. The van der Waals surface area contributed by atoms with Gasteiger partial charge in [-0.1, -0.05) is 25.8 Å². The molecular weight excluding hydrogens is 231 g/mol. The first-order chi connectivity index (χ1) is 8.59. The molecule has 0 aliphatic heterocycles. The highest BCUT2D eigenvalue weighted by molar-refractivity contribution is 5.99. The van der Waals surface area contributed by atoms with Crippen molar-refractivity contribution in [1.82, 2.24) is 5.32 Å². The molecule has 4 heteroatoms. The zero-order valence-electron chi connectivity index (χ0n) is 10.6. The van der Waals surface area contributed by atoms with E-state index in [0.29, 0.717) is 18.4 Å². The van der Waals surface area contributed by atoms with E-state index in [1.807, 2.05) is 0 Å². The summed E-state index contributed by atoms with van der Waals surface area (Å²) in [5.41, 5.74) is 5.71. The van der Waals surface area contributed by atoms with Crippen LogP contribution in [0.2, 0.25) is 0 Å². The van der Waals surface area contributed by atoms with Gasteiger partial charge < -0.3 is 11.1 Å². The molecular formula is C14H19FN2O. The normalized spacial score (nSPS) is 23.0. The molecule has 2 rings (SSSR count). The van der Waals surface area contributed by atoms with Crippen molar-refractivity contribution < 1.29 is 9.18 Å². The van der Waals surface area contributed by atoms with Gasteiger partial charge in [0.05, 0.1) is 11.3 Å². The van der Waals surface area contributed by atoms with Crippen LogP contribution in [0.4, 0.5) is 10.1 Å². The number of para-hydroxylation sites is 1. The summed E-state index contributed by atoms with van der Waals surface area (Å²) in [6.07, 6.45) is 3.60. The molecule has 0 heterocycles. The molecule has 0 saturated heterocycles. The van der Waals surface area contributed by atoms with Crippen LogP contribution >= 0.6 is 0 Å². The third kappa shape index (κ3) is 2.63. The molecule has 1 fully saturated rings. The van der Waals surface area contributed by atoms with Gasteiger partial charge in [-0.3, -0.25) is 4.79 Å². The molecule has 98 valence electrons. The summed E-state index contributed by atoms with van der Waals surface area (Å²) in [6, 6.07) is 4.30. The van der Waals surface area contributed by atoms with Gasteiger partial charge in [0.2, 0.25) is 0 Å². The smallest absolute Gasteiger partial charge is 0.253 e. The number of hydrogen-bond acceptors (Lipinski definition) is 2. The van der Waals surface area contributed by atoms with Crippen molar-refractivity contribution in [1.29, 1.82) is 0 Å². The van der Waals surface area contributed by atoms with Crippen LogP contribution in [0.3, 0.4) is 0 Å². The summed E-state index contributed by atoms with van der Waals surface area (Å²) in [5.74, 6) is 0.349. The number of carbonyl (C=O) groups is 1. The minimum atomic E-state index is -0.545. The minimum Gasteiger partial charge on any atom is -0.396 e. The quantitative estimate of drug-likeness (QED) is 0.810. The van der Waals surface area contributed by atoms with E-state index in [0.717, 1.165) is 6.42 Å². The lowest BCUT2D eigenvalue weighted by atomic mass is 9.98. The van der Waals surface area contributed by atoms with Crippen molar-refractivity contribution in [3.05, 3.63) is 29.6 Å². The average Bonchev–Trinajstić information content (AvgIpc) is 2.75. The molecule has 2 unspecified atom stereocenters. The fourth-order valence-corrected chi connectivity index (χ4v) is 2.58. The van der Waals surface area contributed by atoms with Crippen molar-refractivity contribution in [2.24, 2.45) is 11.8 Å². The van der Waals surface area contributed by atoms with E-state index in [1.165, 1.54) is 25.0 Å². The fourth-order valence-electron chi connectivity index (χ4n) is 2.58. The second-order valence-corrected chi connectivity index (χ2v) is 5.08. The largest absolute Gasteiger partial charge is 0.396 e. The molecule has 3 N–H and O–H groups in total. The maximum absolute atomic E-state index is 13.2. The Balaban J connectivity index is 1.97. The highest BCUT2D eigenvalue weighted by atomic mass is 19.1. The van der Waals surface area contributed by atoms with Crippen LogP contribution in [0.5, 0.6) is 0 Å². The third-order valence-electron chi connectivity index (χ3n) is 3.86. The van der Waals surface area contributed by atoms with Gasteiger partial charge in [0.25, 0.3) is 5.91 Å². The van der Waals surface area contributed by atoms with Crippen molar-refractivity contribution in [2.75, 3.05) is 12.3 Å². The van der Waals surface area contributed by atoms with Crippen LogP contribution < -0.4 is 11.1 Å². The Bertz CT molecular complexity index is 447. The molecule has 0 bridgehead atoms. The van der Waals surface area contributed by atoms with Crippen LogP contribution in [0.1, 0.15) is 36.5 Å². The highest BCUT2D eigenvalue weighted by Gasteiger charge is 2.24. The van der Waals surface area contributed by atoms with E-state index in [2.05, 4.69) is 12.2 Å². The van der Waals surface area contributed by atoms with Crippen LogP contribution in [-0.4, -0.2) is 12.5 Å². The number of halogens is 1. The monoisotopic (exact) mass is 250 g/mol. The summed E-state index contributed by atoms with van der Waals surface area (Å²) in [6.45, 7) is 2.86. The Morgan fingerprint density at radius 2 is 2.28 bits per heavy atom. The molecule has 1 aliphatic carbocycles. The van der Waals surface area contributed by atoms with Crippen molar-refractivity contribution in [3.63, 3.8) is 0 Å². The van der Waals surface area contributed by atoms with Gasteiger partial charge in [-0.05, 0) is 30.4 Å². The molecule has 18 heavy (non-hydrogen) atoms. The summed E-state index contributed by atoms with van der Waals surface area (Å²) >= 11 is 0. The number of anilines is 1. The summed E-state index contributed by atoms with van der Waals surface area (Å²) in [7, 11) is 0. The van der Waals surface area contributed by atoms with Gasteiger partial charge in [-0.2, -0.15) is 0 Å². The van der Waals surface area contributed by atoms with Crippen molar-refractivity contribution in [3.8, 4) is 0 Å². The molecule has 0 aromatic heterocycles. The summed E-state index contributed by atoms with van der Waals surface area (Å²) < 4.78 is 13.2. The van der Waals surface area contributed by atoms with Crippen LogP contribution in [0.25, 0.3) is 0 Å². The lowest BCUT2D eigenvalue weighted by Crippen LogP contribution is -2.30. The van der Waals surface area contributed by atoms with Gasteiger partial charge >= 0.3 is 0 Å². The van der Waals surface area contributed by atoms with E-state index < -0.39 is 5.82 Å². The lowest BCUT2D eigenvalue weighted by Gasteiger charge is -2.16. The van der Waals surface area contributed by atoms with Crippen LogP contribution in [-0.2, 0) is 0 Å². The van der Waals surface area contributed by atoms with E-state index in [4.69, 9.17) is 5.73 Å². The molecule has 1 aromatic rings. The first-order valence-electron chi connectivity index (χ1n) is 6.41. The molecule has 1 aromatic carbocycles. The Hall–Kier alpha value is -1.58. The fraction of sp³-hybridized carbons (Fsp3) is 0.500. The van der Waals surface area contributed by atoms with E-state index >= 15 is 0 Å². The Kier molecular flexibility index (Phi) is 3.84. The van der Waals surface area contributed by atoms with Gasteiger partial charge in [-0.15, -0.1) is 0 Å². The molecule has 2 atom stereocenters. The molecule has 0 spiro atoms. The predicted octanol–water partition coefficient (Wildman–Crippen LogP) is 2.57. The molecule has 1 saturated carbocycles. The first kappa shape index (κ1) is 12.9. The number of rotatable bonds is 3. The summed E-state index contributed by atoms with van der Waals surface area (Å²) in [4.78, 5) is 11.9. The SMILES string of the molecule is CC1CCCC1CNC(=O)c1cccc(F)c1N. The van der Waals surface area contributed by atoms with Gasteiger partial charge in [0.15, 0.2) is 0 Å². The van der Waals surface area contributed by atoms with Gasteiger partial charge in [0, 0.05) is 6.54 Å². The lowest BCUT2D eigenvalue weighted by molar-refractivity contribution is 0.0945. The van der Waals surface area contributed by atoms with E-state index in [9.17, 15) is 9.18 Å². The average molecular weight is 250 g/mol. The number of nitrogens with one attached hydrogen (secondary N) is 1. The van der Waals surface area contributed by atoms with Gasteiger partial charge in [-0.25, -0.2) is 4.39 Å². The third-order valence-corrected chi connectivity index (χ3v) is 3.86. The number of nitrogen functional groups attached to an aromatic ring is 1. The van der Waals surface area contributed by atoms with Crippen molar-refractivity contribution in [2.45, 2.75) is 26.2 Å². The molecule has 1 amide bonds. The number of benzene rings is 1. The number of carbonyl (C=O) groups excluding carboxylic acids is 1. The number of hydrogen-bond donors (Lipinski definition) is 2. The molecule has 3 nitrogen and oxygen atoms in total. The van der Waals surface area contributed by atoms with Crippen molar-refractivity contribution >= 4 is 11.6 Å². The number of amides is 1. The zero-order chi connectivity index (χ0) is 13.1. The maximum Gasteiger partial charge on any atom is 0.253 e. The Morgan fingerprint density at radius 1 is 1.50 bits per heavy atom. The zero-order valence-corrected chi connectivity index (χ0v) is 10.6. The summed E-state index contributed by atoms with van der Waals surface area (Å²) in [5, 5.41) is 2.85.